The van der Waals surface area contributed by atoms with Gasteiger partial charge >= 0.3 is 0 Å². The van der Waals surface area contributed by atoms with Gasteiger partial charge in [-0.2, -0.15) is 0 Å². The van der Waals surface area contributed by atoms with E-state index in [-0.39, 0.29) is 0 Å². The molecule has 0 aliphatic rings. The minimum Gasteiger partial charge on any atom is -0.468 e. The third-order valence-corrected chi connectivity index (χ3v) is 4.39. The lowest BCUT2D eigenvalue weighted by Crippen LogP contribution is -2.23. The second-order valence-corrected chi connectivity index (χ2v) is 5.97. The van der Waals surface area contributed by atoms with Crippen molar-refractivity contribution in [2.24, 2.45) is 0 Å². The van der Waals surface area contributed by atoms with Gasteiger partial charge in [-0.25, -0.2) is 0 Å². The summed E-state index contributed by atoms with van der Waals surface area (Å²) in [6.45, 7) is 5.34. The van der Waals surface area contributed by atoms with E-state index in [0.29, 0.717) is 13.1 Å². The Morgan fingerprint density at radius 3 is 2.67 bits per heavy atom. The summed E-state index contributed by atoms with van der Waals surface area (Å²) in [5.74, 6) is 2.40. The van der Waals surface area contributed by atoms with Crippen LogP contribution in [0.1, 0.15) is 19.8 Å². The fourth-order valence-electron chi connectivity index (χ4n) is 0.972. The molecule has 0 aromatic rings. The van der Waals surface area contributed by atoms with E-state index in [9.17, 15) is 4.79 Å². The second kappa shape index (κ2) is 12.2. The van der Waals surface area contributed by atoms with Crippen molar-refractivity contribution < 1.29 is 9.53 Å². The molecule has 0 saturated carbocycles. The first-order valence-electron chi connectivity index (χ1n) is 5.29. The van der Waals surface area contributed by atoms with Crippen molar-refractivity contribution in [2.75, 3.05) is 38.2 Å². The van der Waals surface area contributed by atoms with Gasteiger partial charge in [0.1, 0.15) is 0 Å². The molecule has 0 spiro atoms. The largest absolute Gasteiger partial charge is 0.468 e. The van der Waals surface area contributed by atoms with Crippen LogP contribution in [0, 0.1) is 0 Å². The van der Waals surface area contributed by atoms with Gasteiger partial charge in [0, 0.05) is 24.6 Å². The zero-order valence-corrected chi connectivity index (χ0v) is 11.2. The van der Waals surface area contributed by atoms with E-state index in [1.54, 1.807) is 0 Å². The fourth-order valence-corrected chi connectivity index (χ4v) is 3.19. The second-order valence-electron chi connectivity index (χ2n) is 3.27. The molecule has 0 N–H and O–H groups in total. The van der Waals surface area contributed by atoms with Gasteiger partial charge in [-0.15, -0.1) is 0 Å². The first-order valence-corrected chi connectivity index (χ1v) is 7.78. The van der Waals surface area contributed by atoms with E-state index in [1.807, 2.05) is 21.6 Å². The van der Waals surface area contributed by atoms with Crippen molar-refractivity contribution >= 4 is 28.1 Å². The predicted molar refractivity (Wildman–Crippen MR) is 69.3 cm³/mol. The number of rotatable bonds is 11. The third-order valence-electron chi connectivity index (χ3n) is 1.80. The molecule has 0 aromatic carbocycles. The Balaban J connectivity index is 3.11. The summed E-state index contributed by atoms with van der Waals surface area (Å²) in [5, 5.41) is 0. The highest BCUT2D eigenvalue weighted by molar-refractivity contribution is 8.76. The summed E-state index contributed by atoms with van der Waals surface area (Å²) in [6, 6.07) is 0. The van der Waals surface area contributed by atoms with Crippen LogP contribution >= 0.6 is 21.6 Å². The molecule has 0 aromatic heterocycles. The third kappa shape index (κ3) is 12.1. The van der Waals surface area contributed by atoms with Gasteiger partial charge < -0.3 is 9.64 Å². The topological polar surface area (TPSA) is 29.5 Å². The van der Waals surface area contributed by atoms with E-state index >= 15 is 0 Å². The fraction of sp³-hybridized carbons (Fsp3) is 0.900. The minimum absolute atomic E-state index is 0.511. The van der Waals surface area contributed by atoms with Gasteiger partial charge in [-0.1, -0.05) is 28.5 Å². The van der Waals surface area contributed by atoms with Crippen LogP contribution in [0.4, 0.5) is 0 Å². The Bertz CT molecular complexity index is 147. The Morgan fingerprint density at radius 1 is 1.27 bits per heavy atom. The Morgan fingerprint density at radius 2 is 2.00 bits per heavy atom. The molecular formula is C10H21NO2S2. The van der Waals surface area contributed by atoms with Gasteiger partial charge in [0.15, 0.2) is 0 Å². The van der Waals surface area contributed by atoms with E-state index in [4.69, 9.17) is 0 Å². The smallest absolute Gasteiger partial charge is 0.293 e. The number of carbonyl (C=O) groups excluding carboxylic acids is 1. The molecule has 0 fully saturated rings. The lowest BCUT2D eigenvalue weighted by atomic mass is 10.4. The number of carbonyl (C=O) groups is 1. The summed E-state index contributed by atoms with van der Waals surface area (Å²) in [7, 11) is 5.99. The van der Waals surface area contributed by atoms with Crippen LogP contribution in [0.2, 0.25) is 0 Å². The highest BCUT2D eigenvalue weighted by Crippen LogP contribution is 2.21. The molecule has 0 radical (unpaired) electrons. The number of hydrogen-bond acceptors (Lipinski definition) is 5. The monoisotopic (exact) mass is 251 g/mol. The zero-order chi connectivity index (χ0) is 11.4. The number of ether oxygens (including phenoxy) is 1. The van der Waals surface area contributed by atoms with Crippen LogP contribution in [0.25, 0.3) is 0 Å². The lowest BCUT2D eigenvalue weighted by molar-refractivity contribution is -0.128. The molecule has 0 rings (SSSR count). The van der Waals surface area contributed by atoms with Crippen LogP contribution in [0.5, 0.6) is 0 Å². The van der Waals surface area contributed by atoms with E-state index in [2.05, 4.69) is 23.6 Å². The van der Waals surface area contributed by atoms with Crippen molar-refractivity contribution in [3.63, 3.8) is 0 Å². The van der Waals surface area contributed by atoms with Crippen molar-refractivity contribution in [1.82, 2.24) is 4.90 Å². The molecule has 5 heteroatoms. The molecule has 0 aliphatic heterocycles. The first-order chi connectivity index (χ1) is 7.31. The van der Waals surface area contributed by atoms with Crippen LogP contribution in [-0.2, 0) is 9.53 Å². The molecular weight excluding hydrogens is 230 g/mol. The average Bonchev–Trinajstić information content (AvgIpc) is 2.24. The SMILES string of the molecule is CCCSSCCN(C)CCCOC=O. The van der Waals surface area contributed by atoms with Crippen LogP contribution in [0.15, 0.2) is 0 Å². The predicted octanol–water partition coefficient (Wildman–Crippen LogP) is 2.27. The van der Waals surface area contributed by atoms with E-state index in [0.717, 1.165) is 25.3 Å². The average molecular weight is 251 g/mol. The standard InChI is InChI=1S/C10H21NO2S2/c1-3-8-14-15-9-6-11(2)5-4-7-13-10-12/h10H,3-9H2,1-2H3. The molecule has 0 bridgehead atoms. The zero-order valence-electron chi connectivity index (χ0n) is 9.61. The van der Waals surface area contributed by atoms with E-state index < -0.39 is 0 Å². The number of hydrogen-bond donors (Lipinski definition) is 0. The Hall–Kier alpha value is 0.130. The molecule has 0 aliphatic carbocycles. The highest BCUT2D eigenvalue weighted by atomic mass is 33.1. The summed E-state index contributed by atoms with van der Waals surface area (Å²) in [4.78, 5) is 12.2. The Kier molecular flexibility index (Phi) is 12.3. The summed E-state index contributed by atoms with van der Waals surface area (Å²) >= 11 is 0. The quantitative estimate of drug-likeness (QED) is 0.319. The van der Waals surface area contributed by atoms with Gasteiger partial charge in [-0.3, -0.25) is 4.79 Å². The lowest BCUT2D eigenvalue weighted by Gasteiger charge is -2.15. The van der Waals surface area contributed by atoms with Crippen molar-refractivity contribution in [3.8, 4) is 0 Å². The summed E-state index contributed by atoms with van der Waals surface area (Å²) < 4.78 is 4.62. The minimum atomic E-state index is 0.511. The maximum absolute atomic E-state index is 9.88. The van der Waals surface area contributed by atoms with Gasteiger partial charge in [0.05, 0.1) is 6.61 Å². The molecule has 0 saturated heterocycles. The molecule has 0 amide bonds. The van der Waals surface area contributed by atoms with Gasteiger partial charge in [0.25, 0.3) is 6.47 Å². The van der Waals surface area contributed by atoms with Crippen molar-refractivity contribution in [1.29, 1.82) is 0 Å². The maximum Gasteiger partial charge on any atom is 0.293 e. The normalized spacial score (nSPS) is 10.6. The molecule has 15 heavy (non-hydrogen) atoms. The summed E-state index contributed by atoms with van der Waals surface area (Å²) in [6.07, 6.45) is 2.17. The maximum atomic E-state index is 9.88. The van der Waals surface area contributed by atoms with Gasteiger partial charge in [-0.05, 0) is 19.9 Å². The van der Waals surface area contributed by atoms with E-state index in [1.165, 1.54) is 12.2 Å². The van der Waals surface area contributed by atoms with Crippen LogP contribution in [-0.4, -0.2) is 49.6 Å². The molecule has 90 valence electrons. The Labute approximate surface area is 101 Å². The first kappa shape index (κ1) is 15.1. The highest BCUT2D eigenvalue weighted by Gasteiger charge is 1.98. The molecule has 0 atom stereocenters. The molecule has 3 nitrogen and oxygen atoms in total. The molecule has 0 heterocycles. The summed E-state index contributed by atoms with van der Waals surface area (Å²) in [5.41, 5.74) is 0. The van der Waals surface area contributed by atoms with Crippen molar-refractivity contribution in [2.45, 2.75) is 19.8 Å². The van der Waals surface area contributed by atoms with Crippen LogP contribution < -0.4 is 0 Å². The number of nitrogens with zero attached hydrogens (tertiary/aromatic N) is 1. The van der Waals surface area contributed by atoms with Gasteiger partial charge in [0.2, 0.25) is 0 Å². The van der Waals surface area contributed by atoms with Crippen molar-refractivity contribution in [3.05, 3.63) is 0 Å². The molecule has 0 unspecified atom stereocenters. The van der Waals surface area contributed by atoms with Crippen LogP contribution in [0.3, 0.4) is 0 Å².